The summed E-state index contributed by atoms with van der Waals surface area (Å²) in [7, 11) is 12.4. The van der Waals surface area contributed by atoms with Crippen molar-refractivity contribution in [3.05, 3.63) is 83.4 Å². The fourth-order valence-corrected chi connectivity index (χ4v) is 5.61. The summed E-state index contributed by atoms with van der Waals surface area (Å²) in [6.07, 6.45) is 0. The zero-order valence-electron chi connectivity index (χ0n) is 14.5. The van der Waals surface area contributed by atoms with Crippen molar-refractivity contribution in [3.8, 4) is 11.1 Å². The van der Waals surface area contributed by atoms with E-state index in [4.69, 9.17) is 19.4 Å². The van der Waals surface area contributed by atoms with E-state index in [0.29, 0.717) is 0 Å². The zero-order chi connectivity index (χ0) is 18.3. The first-order chi connectivity index (χ1) is 12.6. The molecule has 0 saturated heterocycles. The molecule has 0 heterocycles. The van der Waals surface area contributed by atoms with Gasteiger partial charge in [0.25, 0.3) is 0 Å². The summed E-state index contributed by atoms with van der Waals surface area (Å²) in [6.45, 7) is 4.37. The van der Waals surface area contributed by atoms with Crippen LogP contribution in [0.5, 0.6) is 0 Å². The Bertz CT molecular complexity index is 1170. The maximum atomic E-state index is 6.21. The van der Waals surface area contributed by atoms with Crippen LogP contribution in [0.15, 0.2) is 66.7 Å². The molecule has 0 fully saturated rings. The van der Waals surface area contributed by atoms with Crippen molar-refractivity contribution in [2.45, 2.75) is 13.8 Å². The summed E-state index contributed by atoms with van der Waals surface area (Å²) >= 11 is -1.91. The van der Waals surface area contributed by atoms with Crippen molar-refractivity contribution in [1.29, 1.82) is 0 Å². The van der Waals surface area contributed by atoms with E-state index in [2.05, 4.69) is 85.2 Å². The minimum atomic E-state index is -1.91. The van der Waals surface area contributed by atoms with Gasteiger partial charge >= 0.3 is 167 Å². The van der Waals surface area contributed by atoms with Gasteiger partial charge in [0, 0.05) is 0 Å². The number of hydrogen-bond acceptors (Lipinski definition) is 0. The molecule has 132 valence electrons. The molecule has 0 aliphatic carbocycles. The predicted molar refractivity (Wildman–Crippen MR) is 113 cm³/mol. The Balaban J connectivity index is 2.21. The van der Waals surface area contributed by atoms with Crippen molar-refractivity contribution in [1.82, 2.24) is 0 Å². The Kier molecular flexibility index (Phi) is 4.97. The van der Waals surface area contributed by atoms with Gasteiger partial charge in [-0.05, 0) is 0 Å². The Morgan fingerprint density at radius 2 is 1.35 bits per heavy atom. The molecule has 0 nitrogen and oxygen atoms in total. The number of benzene rings is 4. The fraction of sp³-hybridized carbons (Fsp3) is 0.0870. The third-order valence-corrected chi connectivity index (χ3v) is 6.76. The van der Waals surface area contributed by atoms with Crippen molar-refractivity contribution in [2.24, 2.45) is 0 Å². The molecule has 4 aromatic rings. The summed E-state index contributed by atoms with van der Waals surface area (Å²) in [5.41, 5.74) is 6.25. The Morgan fingerprint density at radius 3 is 2.04 bits per heavy atom. The second kappa shape index (κ2) is 7.24. The normalized spacial score (nSPS) is 11.8. The van der Waals surface area contributed by atoms with Crippen molar-refractivity contribution in [3.63, 3.8) is 0 Å². The molecule has 0 unspecified atom stereocenters. The van der Waals surface area contributed by atoms with E-state index in [9.17, 15) is 0 Å². The van der Waals surface area contributed by atoms with E-state index in [1.807, 2.05) is 0 Å². The second-order valence-corrected chi connectivity index (χ2v) is 12.2. The fourth-order valence-electron chi connectivity index (χ4n) is 3.70. The van der Waals surface area contributed by atoms with Crippen molar-refractivity contribution in [2.75, 3.05) is 0 Å². The molecule has 0 spiro atoms. The maximum absolute atomic E-state index is 6.21. The predicted octanol–water partition coefficient (Wildman–Crippen LogP) is 7.35. The molecule has 4 aromatic carbocycles. The van der Waals surface area contributed by atoms with Gasteiger partial charge in [0.15, 0.2) is 0 Å². The number of hydrogen-bond donors (Lipinski definition) is 0. The van der Waals surface area contributed by atoms with Crippen LogP contribution < -0.4 is 0 Å². The Morgan fingerprint density at radius 1 is 0.731 bits per heavy atom. The van der Waals surface area contributed by atoms with E-state index in [0.717, 1.165) is 5.56 Å². The molecule has 4 rings (SSSR count). The van der Waals surface area contributed by atoms with Crippen LogP contribution in [0.25, 0.3) is 32.7 Å². The van der Waals surface area contributed by atoms with Crippen molar-refractivity contribution < 1.29 is 13.5 Å². The average Bonchev–Trinajstić information content (AvgIpc) is 2.63. The van der Waals surface area contributed by atoms with Crippen LogP contribution in [0, 0.1) is 13.8 Å². The molecule has 26 heavy (non-hydrogen) atoms. The number of fused-ring (bicyclic) bond motifs is 2. The quantitative estimate of drug-likeness (QED) is 0.271. The van der Waals surface area contributed by atoms with Gasteiger partial charge in [-0.1, -0.05) is 0 Å². The van der Waals surface area contributed by atoms with Gasteiger partial charge in [0.1, 0.15) is 0 Å². The molecule has 0 radical (unpaired) electrons. The topological polar surface area (TPSA) is 0 Å². The molecule has 0 bridgehead atoms. The summed E-state index contributed by atoms with van der Waals surface area (Å²) in [6, 6.07) is 23.8. The molecule has 0 amide bonds. The molecule has 3 heteroatoms. The molecule has 0 atom stereocenters. The van der Waals surface area contributed by atoms with E-state index in [-0.39, 0.29) is 0 Å². The first-order valence-electron chi connectivity index (χ1n) is 8.40. The molecule has 0 aromatic heterocycles. The summed E-state index contributed by atoms with van der Waals surface area (Å²) in [4.78, 5) is 0. The van der Waals surface area contributed by atoms with Crippen LogP contribution in [0.1, 0.15) is 16.7 Å². The van der Waals surface area contributed by atoms with Crippen LogP contribution in [0.3, 0.4) is 0 Å². The van der Waals surface area contributed by atoms with Crippen LogP contribution in [-0.4, -0.2) is 4.61 Å². The molecular weight excluding hydrogens is 448 g/mol. The molecule has 0 aliphatic heterocycles. The summed E-state index contributed by atoms with van der Waals surface area (Å²) in [5.74, 6) is 0. The van der Waals surface area contributed by atoms with Gasteiger partial charge in [-0.15, -0.1) is 0 Å². The van der Waals surface area contributed by atoms with Gasteiger partial charge in [-0.2, -0.15) is 0 Å². The Hall–Kier alpha value is -1.53. The van der Waals surface area contributed by atoms with Crippen LogP contribution in [0.2, 0.25) is 0 Å². The molecule has 0 aliphatic rings. The monoisotopic (exact) mass is 466 g/mol. The minimum absolute atomic E-state index is 1.15. The second-order valence-electron chi connectivity index (χ2n) is 6.47. The van der Waals surface area contributed by atoms with E-state index < -0.39 is 13.5 Å². The standard InChI is InChI=1S/C23H18.2ClH.Ru/c1-15-12-13-18-8-4-6-10-20(18)22(15)23-17(3)16(2)14-19-9-5-7-11-21(19)23;;;/h2,4-14H,1,3H3;2*1H;/q;;;+2/p-2. The first-order valence-corrected chi connectivity index (χ1v) is 13.9. The average molecular weight is 466 g/mol. The third kappa shape index (κ3) is 3.14. The van der Waals surface area contributed by atoms with Gasteiger partial charge in [-0.3, -0.25) is 0 Å². The third-order valence-electron chi connectivity index (χ3n) is 4.92. The van der Waals surface area contributed by atoms with Crippen LogP contribution in [0.4, 0.5) is 0 Å². The van der Waals surface area contributed by atoms with E-state index >= 15 is 0 Å². The van der Waals surface area contributed by atoms with Crippen molar-refractivity contribution >= 4 is 45.5 Å². The number of aryl methyl sites for hydroxylation is 1. The van der Waals surface area contributed by atoms with Gasteiger partial charge in [0.2, 0.25) is 0 Å². The summed E-state index contributed by atoms with van der Waals surface area (Å²) < 4.78 is 2.05. The molecular formula is C23H18Cl2Ru. The zero-order valence-corrected chi connectivity index (χ0v) is 17.8. The van der Waals surface area contributed by atoms with Gasteiger partial charge in [-0.25, -0.2) is 0 Å². The molecule has 0 N–H and O–H groups in total. The van der Waals surface area contributed by atoms with E-state index in [1.165, 1.54) is 43.8 Å². The number of rotatable bonds is 2. The Labute approximate surface area is 166 Å². The summed E-state index contributed by atoms with van der Waals surface area (Å²) in [5, 5.41) is 5.02. The van der Waals surface area contributed by atoms with Crippen LogP contribution in [-0.2, 0) is 13.5 Å². The van der Waals surface area contributed by atoms with Crippen LogP contribution >= 0.6 is 19.4 Å². The first kappa shape index (κ1) is 17.9. The SMILES string of the molecule is Cc1ccc2ccccc2c1-c1c(C)c([CH]=[Ru]([Cl])[Cl])cc2ccccc12. The van der Waals surface area contributed by atoms with Gasteiger partial charge in [0.05, 0.1) is 0 Å². The van der Waals surface area contributed by atoms with E-state index in [1.54, 1.807) is 0 Å². The number of halogens is 2. The van der Waals surface area contributed by atoms with Gasteiger partial charge < -0.3 is 0 Å². The molecule has 0 saturated carbocycles.